The van der Waals surface area contributed by atoms with Crippen molar-refractivity contribution in [1.29, 1.82) is 0 Å². The molecule has 0 fully saturated rings. The Balaban J connectivity index is 1.83. The van der Waals surface area contributed by atoms with Gasteiger partial charge in [-0.2, -0.15) is 0 Å². The van der Waals surface area contributed by atoms with Crippen LogP contribution in [-0.2, 0) is 16.6 Å². The van der Waals surface area contributed by atoms with Gasteiger partial charge in [-0.05, 0) is 36.6 Å². The molecule has 7 heteroatoms. The smallest absolute Gasteiger partial charge is 0.348 e. The summed E-state index contributed by atoms with van der Waals surface area (Å²) in [4.78, 5) is 39.1. The van der Waals surface area contributed by atoms with E-state index in [1.807, 2.05) is 24.3 Å². The van der Waals surface area contributed by atoms with E-state index in [9.17, 15) is 14.4 Å². The molecule has 0 spiro atoms. The van der Waals surface area contributed by atoms with E-state index in [1.165, 1.54) is 4.57 Å². The zero-order chi connectivity index (χ0) is 21.7. The maximum Gasteiger partial charge on any atom is 0.348 e. The molecule has 5 rings (SSSR count). The van der Waals surface area contributed by atoms with Gasteiger partial charge in [-0.3, -0.25) is 4.79 Å². The minimum atomic E-state index is -1.17. The SMILES string of the molecule is CCOC(=O)[C@H]1Oc2c(c(=O)oc3ccccc23)[C@@H]1c1cc2ccccc2n(C)c1=O. The van der Waals surface area contributed by atoms with E-state index in [0.29, 0.717) is 11.0 Å². The van der Waals surface area contributed by atoms with Gasteiger partial charge in [0, 0.05) is 12.6 Å². The van der Waals surface area contributed by atoms with Crippen LogP contribution in [0.25, 0.3) is 21.9 Å². The van der Waals surface area contributed by atoms with E-state index >= 15 is 0 Å². The monoisotopic (exact) mass is 417 g/mol. The number of fused-ring (bicyclic) bond motifs is 4. The quantitative estimate of drug-likeness (QED) is 0.376. The number of aromatic nitrogens is 1. The molecule has 0 bridgehead atoms. The fourth-order valence-electron chi connectivity index (χ4n) is 4.27. The molecule has 0 saturated carbocycles. The molecule has 4 aromatic rings. The zero-order valence-electron chi connectivity index (χ0n) is 17.0. The summed E-state index contributed by atoms with van der Waals surface area (Å²) in [5, 5.41) is 1.37. The van der Waals surface area contributed by atoms with Crippen molar-refractivity contribution >= 4 is 27.8 Å². The maximum absolute atomic E-state index is 13.3. The van der Waals surface area contributed by atoms with Gasteiger partial charge >= 0.3 is 11.6 Å². The van der Waals surface area contributed by atoms with Crippen molar-refractivity contribution < 1.29 is 18.7 Å². The lowest BCUT2D eigenvalue weighted by Gasteiger charge is -2.18. The number of hydrogen-bond donors (Lipinski definition) is 0. The van der Waals surface area contributed by atoms with Gasteiger partial charge in [-0.1, -0.05) is 30.3 Å². The van der Waals surface area contributed by atoms with Crippen LogP contribution >= 0.6 is 0 Å². The molecular formula is C24H19NO6. The van der Waals surface area contributed by atoms with Gasteiger partial charge in [0.2, 0.25) is 6.10 Å². The summed E-state index contributed by atoms with van der Waals surface area (Å²) in [5.41, 5.74) is 0.571. The first-order valence-corrected chi connectivity index (χ1v) is 9.99. The Bertz CT molecular complexity index is 1460. The predicted octanol–water partition coefficient (Wildman–Crippen LogP) is 3.10. The second-order valence-electron chi connectivity index (χ2n) is 7.42. The lowest BCUT2D eigenvalue weighted by Crippen LogP contribution is -2.36. The molecule has 0 aliphatic carbocycles. The van der Waals surface area contributed by atoms with Gasteiger partial charge in [0.05, 0.1) is 29.0 Å². The van der Waals surface area contributed by atoms with Crippen molar-refractivity contribution in [2.75, 3.05) is 6.61 Å². The second kappa shape index (κ2) is 7.12. The van der Waals surface area contributed by atoms with Crippen molar-refractivity contribution in [2.24, 2.45) is 7.05 Å². The molecule has 2 aromatic heterocycles. The fourth-order valence-corrected chi connectivity index (χ4v) is 4.27. The topological polar surface area (TPSA) is 87.7 Å². The number of carbonyl (C=O) groups is 1. The van der Waals surface area contributed by atoms with E-state index in [0.717, 1.165) is 10.9 Å². The highest BCUT2D eigenvalue weighted by molar-refractivity contribution is 5.89. The molecule has 2 atom stereocenters. The van der Waals surface area contributed by atoms with Gasteiger partial charge < -0.3 is 18.5 Å². The summed E-state index contributed by atoms with van der Waals surface area (Å²) >= 11 is 0. The molecule has 3 heterocycles. The number of aryl methyl sites for hydroxylation is 1. The van der Waals surface area contributed by atoms with Crippen LogP contribution in [-0.4, -0.2) is 23.2 Å². The molecule has 1 aliphatic rings. The van der Waals surface area contributed by atoms with Crippen LogP contribution in [0.3, 0.4) is 0 Å². The molecule has 1 aliphatic heterocycles. The molecule has 0 unspecified atom stereocenters. The summed E-state index contributed by atoms with van der Waals surface area (Å²) in [6, 6.07) is 16.1. The Morgan fingerprint density at radius 2 is 1.84 bits per heavy atom. The summed E-state index contributed by atoms with van der Waals surface area (Å²) in [6.07, 6.45) is -1.17. The number of esters is 1. The van der Waals surface area contributed by atoms with Gasteiger partial charge in [0.15, 0.2) is 0 Å². The molecule has 7 nitrogen and oxygen atoms in total. The van der Waals surface area contributed by atoms with Crippen molar-refractivity contribution in [3.8, 4) is 5.75 Å². The molecule has 0 amide bonds. The minimum Gasteiger partial charge on any atom is -0.476 e. The van der Waals surface area contributed by atoms with Gasteiger partial charge in [-0.25, -0.2) is 9.59 Å². The van der Waals surface area contributed by atoms with Crippen molar-refractivity contribution in [3.05, 3.63) is 86.5 Å². The van der Waals surface area contributed by atoms with Crippen LogP contribution in [0.4, 0.5) is 0 Å². The Kier molecular flexibility index (Phi) is 4.39. The average Bonchev–Trinajstić information content (AvgIpc) is 3.18. The third-order valence-electron chi connectivity index (χ3n) is 5.67. The van der Waals surface area contributed by atoms with Crippen molar-refractivity contribution in [1.82, 2.24) is 4.57 Å². The number of hydrogen-bond acceptors (Lipinski definition) is 6. The van der Waals surface area contributed by atoms with Gasteiger partial charge in [-0.15, -0.1) is 0 Å². The Morgan fingerprint density at radius 3 is 2.65 bits per heavy atom. The van der Waals surface area contributed by atoms with Gasteiger partial charge in [0.1, 0.15) is 11.3 Å². The summed E-state index contributed by atoms with van der Waals surface area (Å²) < 4.78 is 18.2. The average molecular weight is 417 g/mol. The molecule has 2 aromatic carbocycles. The Labute approximate surface area is 176 Å². The number of rotatable bonds is 3. The highest BCUT2D eigenvalue weighted by Crippen LogP contribution is 2.44. The Morgan fingerprint density at radius 1 is 1.10 bits per heavy atom. The fraction of sp³-hybridized carbons (Fsp3) is 0.208. The summed E-state index contributed by atoms with van der Waals surface area (Å²) in [6.45, 7) is 1.83. The lowest BCUT2D eigenvalue weighted by atomic mass is 9.88. The minimum absolute atomic E-state index is 0.146. The third kappa shape index (κ3) is 2.84. The Hall–Kier alpha value is -3.87. The molecule has 0 N–H and O–H groups in total. The van der Waals surface area contributed by atoms with E-state index < -0.39 is 23.6 Å². The molecule has 31 heavy (non-hydrogen) atoms. The first-order chi connectivity index (χ1) is 15.0. The number of carbonyl (C=O) groups excluding carboxylic acids is 1. The zero-order valence-corrected chi connectivity index (χ0v) is 17.0. The van der Waals surface area contributed by atoms with E-state index in [2.05, 4.69) is 0 Å². The lowest BCUT2D eigenvalue weighted by molar-refractivity contribution is -0.151. The number of ether oxygens (including phenoxy) is 2. The van der Waals surface area contributed by atoms with Crippen LogP contribution in [0.1, 0.15) is 24.0 Å². The maximum atomic E-state index is 13.3. The van der Waals surface area contributed by atoms with Crippen molar-refractivity contribution in [2.45, 2.75) is 18.9 Å². The van der Waals surface area contributed by atoms with E-state index in [1.54, 1.807) is 44.3 Å². The predicted molar refractivity (Wildman–Crippen MR) is 115 cm³/mol. The van der Waals surface area contributed by atoms with Crippen LogP contribution < -0.4 is 15.9 Å². The molecular weight excluding hydrogens is 398 g/mol. The number of pyridine rings is 1. The van der Waals surface area contributed by atoms with Crippen LogP contribution in [0.5, 0.6) is 5.75 Å². The van der Waals surface area contributed by atoms with Crippen LogP contribution in [0, 0.1) is 0 Å². The highest BCUT2D eigenvalue weighted by Gasteiger charge is 2.46. The normalized spacial score (nSPS) is 17.5. The first-order valence-electron chi connectivity index (χ1n) is 9.99. The van der Waals surface area contributed by atoms with E-state index in [4.69, 9.17) is 13.9 Å². The number of para-hydroxylation sites is 2. The largest absolute Gasteiger partial charge is 0.476 e. The second-order valence-corrected chi connectivity index (χ2v) is 7.42. The van der Waals surface area contributed by atoms with Crippen LogP contribution in [0.15, 0.2) is 68.6 Å². The first kappa shape index (κ1) is 19.1. The van der Waals surface area contributed by atoms with Gasteiger partial charge in [0.25, 0.3) is 5.56 Å². The molecule has 0 saturated heterocycles. The highest BCUT2D eigenvalue weighted by atomic mass is 16.6. The third-order valence-corrected chi connectivity index (χ3v) is 5.67. The summed E-state index contributed by atoms with van der Waals surface area (Å²) in [5.74, 6) is -1.33. The van der Waals surface area contributed by atoms with E-state index in [-0.39, 0.29) is 29.0 Å². The molecule has 156 valence electrons. The summed E-state index contributed by atoms with van der Waals surface area (Å²) in [7, 11) is 1.66. The number of benzene rings is 2. The van der Waals surface area contributed by atoms with Crippen LogP contribution in [0.2, 0.25) is 0 Å². The molecule has 0 radical (unpaired) electrons. The number of nitrogens with zero attached hydrogens (tertiary/aromatic N) is 1. The standard InChI is InChI=1S/C24H19NO6/c1-3-29-24(28)21-18(15-12-13-8-4-6-10-16(13)25(2)22(15)26)19-20(31-21)14-9-5-7-11-17(14)30-23(19)27/h4-12,18,21H,3H2,1-2H3/t18-,21-/m0/s1. The van der Waals surface area contributed by atoms with Crippen molar-refractivity contribution in [3.63, 3.8) is 0 Å².